The molecule has 21 heavy (non-hydrogen) atoms. The Bertz CT molecular complexity index is 448. The summed E-state index contributed by atoms with van der Waals surface area (Å²) in [5.41, 5.74) is 1.36. The fraction of sp³-hybridized carbons (Fsp3) is 0.556. The topological polar surface area (TPSA) is 9.23 Å². The summed E-state index contributed by atoms with van der Waals surface area (Å²) >= 11 is 2.30. The molecule has 0 spiro atoms. The van der Waals surface area contributed by atoms with Gasteiger partial charge >= 0.3 is 0 Å². The van der Waals surface area contributed by atoms with Gasteiger partial charge in [-0.1, -0.05) is 86.7 Å². The molecule has 1 nitrogen and oxygen atoms in total. The zero-order valence-electron chi connectivity index (χ0n) is 14.2. The van der Waals surface area contributed by atoms with Crippen molar-refractivity contribution >= 4 is 30.9 Å². The van der Waals surface area contributed by atoms with Gasteiger partial charge in [-0.25, -0.2) is 0 Å². The third kappa shape index (κ3) is 5.87. The molecule has 1 aromatic rings. The molecule has 0 bridgehead atoms. The molecule has 0 aromatic heterocycles. The Labute approximate surface area is 145 Å². The van der Waals surface area contributed by atoms with Crippen LogP contribution < -0.4 is 0 Å². The molecular weight excluding hydrogens is 387 g/mol. The van der Waals surface area contributed by atoms with E-state index < -0.39 is 8.32 Å². The summed E-state index contributed by atoms with van der Waals surface area (Å²) in [4.78, 5) is 0. The van der Waals surface area contributed by atoms with E-state index in [1.165, 1.54) is 5.56 Å². The average Bonchev–Trinajstić information content (AvgIpc) is 2.38. The predicted molar refractivity (Wildman–Crippen MR) is 105 cm³/mol. The molecule has 1 rings (SSSR count). The van der Waals surface area contributed by atoms with E-state index in [0.717, 1.165) is 6.42 Å². The van der Waals surface area contributed by atoms with E-state index in [1.807, 2.05) is 0 Å². The fourth-order valence-corrected chi connectivity index (χ4v) is 4.04. The normalized spacial score (nSPS) is 16.1. The molecule has 0 saturated heterocycles. The van der Waals surface area contributed by atoms with Gasteiger partial charge in [0.05, 0.1) is 6.10 Å². The summed E-state index contributed by atoms with van der Waals surface area (Å²) in [6.07, 6.45) is 3.48. The molecule has 0 fully saturated rings. The van der Waals surface area contributed by atoms with Gasteiger partial charge in [-0.2, -0.15) is 0 Å². The van der Waals surface area contributed by atoms with Crippen molar-refractivity contribution < 1.29 is 4.43 Å². The van der Waals surface area contributed by atoms with Crippen LogP contribution in [-0.4, -0.2) is 14.4 Å². The van der Waals surface area contributed by atoms with Gasteiger partial charge in [0.15, 0.2) is 8.32 Å². The van der Waals surface area contributed by atoms with Gasteiger partial charge < -0.3 is 4.43 Å². The number of rotatable bonds is 6. The summed E-state index contributed by atoms with van der Waals surface area (Å²) in [5, 5.41) is 0.246. The van der Waals surface area contributed by atoms with Crippen LogP contribution in [0.4, 0.5) is 0 Å². The summed E-state index contributed by atoms with van der Waals surface area (Å²) in [5.74, 6) is 0.427. The highest BCUT2D eigenvalue weighted by Crippen LogP contribution is 2.38. The van der Waals surface area contributed by atoms with E-state index in [4.69, 9.17) is 4.43 Å². The highest BCUT2D eigenvalue weighted by molar-refractivity contribution is 14.1. The van der Waals surface area contributed by atoms with Gasteiger partial charge in [0.1, 0.15) is 0 Å². The van der Waals surface area contributed by atoms with E-state index in [0.29, 0.717) is 5.92 Å². The molecule has 3 heteroatoms. The Kier molecular flexibility index (Phi) is 7.14. The van der Waals surface area contributed by atoms with Gasteiger partial charge in [-0.05, 0) is 34.2 Å². The first-order valence-electron chi connectivity index (χ1n) is 7.66. The van der Waals surface area contributed by atoms with Crippen molar-refractivity contribution in [1.29, 1.82) is 0 Å². The molecule has 0 heterocycles. The van der Waals surface area contributed by atoms with E-state index >= 15 is 0 Å². The zero-order chi connectivity index (χ0) is 16.1. The lowest BCUT2D eigenvalue weighted by molar-refractivity contribution is 0.146. The second-order valence-corrected chi connectivity index (χ2v) is 12.8. The summed E-state index contributed by atoms with van der Waals surface area (Å²) in [6, 6.07) is 10.7. The Morgan fingerprint density at radius 1 is 1.19 bits per heavy atom. The van der Waals surface area contributed by atoms with Crippen molar-refractivity contribution in [2.24, 2.45) is 5.92 Å². The molecule has 0 aliphatic rings. The number of benzene rings is 1. The van der Waals surface area contributed by atoms with Crippen molar-refractivity contribution in [1.82, 2.24) is 0 Å². The van der Waals surface area contributed by atoms with Crippen molar-refractivity contribution in [2.45, 2.75) is 58.4 Å². The van der Waals surface area contributed by atoms with Crippen molar-refractivity contribution in [3.63, 3.8) is 0 Å². The summed E-state index contributed by atoms with van der Waals surface area (Å²) < 4.78 is 8.81. The summed E-state index contributed by atoms with van der Waals surface area (Å²) in [7, 11) is -1.75. The first-order valence-corrected chi connectivity index (χ1v) is 11.8. The van der Waals surface area contributed by atoms with Crippen LogP contribution in [0.3, 0.4) is 0 Å². The maximum atomic E-state index is 6.70. The largest absolute Gasteiger partial charge is 0.413 e. The fourth-order valence-electron chi connectivity index (χ4n) is 1.98. The van der Waals surface area contributed by atoms with Crippen molar-refractivity contribution in [2.75, 3.05) is 0 Å². The molecular formula is C18H29IOSi. The standard InChI is InChI=1S/C18H29IOSi/c1-15(12-13-19)17(14-16-10-8-7-9-11-16)20-21(5,6)18(2,3)4/h7-13,15,17H,14H2,1-6H3/b13-12-/t15-,17+/m0/s1. The molecule has 118 valence electrons. The number of halogens is 1. The first-order chi connectivity index (χ1) is 9.67. The van der Waals surface area contributed by atoms with Crippen LogP contribution in [-0.2, 0) is 10.8 Å². The van der Waals surface area contributed by atoms with Crippen LogP contribution in [0, 0.1) is 5.92 Å². The van der Waals surface area contributed by atoms with Gasteiger partial charge in [-0.15, -0.1) is 0 Å². The summed E-state index contributed by atoms with van der Waals surface area (Å²) in [6.45, 7) is 13.8. The lowest BCUT2D eigenvalue weighted by atomic mass is 9.98. The number of hydrogen-bond acceptors (Lipinski definition) is 1. The van der Waals surface area contributed by atoms with Gasteiger partial charge in [-0.3, -0.25) is 0 Å². The molecule has 2 atom stereocenters. The maximum absolute atomic E-state index is 6.70. The predicted octanol–water partition coefficient (Wildman–Crippen LogP) is 6.20. The molecule has 1 aromatic carbocycles. The number of hydrogen-bond donors (Lipinski definition) is 0. The van der Waals surface area contributed by atoms with Gasteiger partial charge in [0, 0.05) is 5.92 Å². The van der Waals surface area contributed by atoms with E-state index in [9.17, 15) is 0 Å². The Hall–Kier alpha value is -0.133. The third-order valence-electron chi connectivity index (χ3n) is 4.49. The minimum Gasteiger partial charge on any atom is -0.413 e. The molecule has 0 amide bonds. The average molecular weight is 416 g/mol. The van der Waals surface area contributed by atoms with Gasteiger partial charge in [0.2, 0.25) is 0 Å². The van der Waals surface area contributed by atoms with E-state index in [2.05, 4.69) is 104 Å². The quantitative estimate of drug-likeness (QED) is 0.396. The first kappa shape index (κ1) is 18.9. The third-order valence-corrected chi connectivity index (χ3v) is 9.41. The Balaban J connectivity index is 2.93. The second-order valence-electron chi connectivity index (χ2n) is 7.28. The Morgan fingerprint density at radius 3 is 2.24 bits per heavy atom. The van der Waals surface area contributed by atoms with Crippen LogP contribution in [0.5, 0.6) is 0 Å². The van der Waals surface area contributed by atoms with E-state index in [1.54, 1.807) is 0 Å². The molecule has 0 unspecified atom stereocenters. The van der Waals surface area contributed by atoms with E-state index in [-0.39, 0.29) is 11.1 Å². The van der Waals surface area contributed by atoms with Crippen molar-refractivity contribution in [3.8, 4) is 0 Å². The zero-order valence-corrected chi connectivity index (χ0v) is 17.3. The lowest BCUT2D eigenvalue weighted by Crippen LogP contribution is -2.46. The highest BCUT2D eigenvalue weighted by atomic mass is 127. The van der Waals surface area contributed by atoms with Crippen LogP contribution in [0.15, 0.2) is 40.5 Å². The molecule has 0 saturated carbocycles. The minimum atomic E-state index is -1.75. The molecule has 0 aliphatic carbocycles. The van der Waals surface area contributed by atoms with Crippen LogP contribution in [0.1, 0.15) is 33.3 Å². The highest BCUT2D eigenvalue weighted by Gasteiger charge is 2.39. The smallest absolute Gasteiger partial charge is 0.192 e. The SMILES string of the molecule is C[C@@H](/C=C\I)[C@@H](Cc1ccccc1)O[Si](C)(C)C(C)(C)C. The Morgan fingerprint density at radius 2 is 1.76 bits per heavy atom. The molecule has 0 N–H and O–H groups in total. The maximum Gasteiger partial charge on any atom is 0.192 e. The van der Waals surface area contributed by atoms with Crippen LogP contribution >= 0.6 is 22.6 Å². The second kappa shape index (κ2) is 7.93. The minimum absolute atomic E-state index is 0.246. The lowest BCUT2D eigenvalue weighted by Gasteiger charge is -2.40. The molecule has 0 aliphatic heterocycles. The van der Waals surface area contributed by atoms with Crippen LogP contribution in [0.25, 0.3) is 0 Å². The monoisotopic (exact) mass is 416 g/mol. The van der Waals surface area contributed by atoms with Crippen LogP contribution in [0.2, 0.25) is 18.1 Å². The molecule has 0 radical (unpaired) electrons. The van der Waals surface area contributed by atoms with Crippen molar-refractivity contribution in [3.05, 3.63) is 46.1 Å². The van der Waals surface area contributed by atoms with Gasteiger partial charge in [0.25, 0.3) is 0 Å².